The van der Waals surface area contributed by atoms with Crippen LogP contribution in [0.3, 0.4) is 0 Å². The third-order valence-electron chi connectivity index (χ3n) is 7.33. The first-order valence-electron chi connectivity index (χ1n) is 16.0. The average Bonchev–Trinajstić information content (AvgIpc) is 3.04. The molecule has 0 aliphatic carbocycles. The lowest BCUT2D eigenvalue weighted by Crippen LogP contribution is -2.56. The van der Waals surface area contributed by atoms with E-state index in [1.165, 1.54) is 25.4 Å². The van der Waals surface area contributed by atoms with E-state index in [1.54, 1.807) is 29.2 Å². The Hall–Kier alpha value is -5.20. The molecule has 1 fully saturated rings. The predicted octanol–water partition coefficient (Wildman–Crippen LogP) is 1.59. The molecule has 1 unspecified atom stereocenters. The minimum absolute atomic E-state index is 0.00874. The van der Waals surface area contributed by atoms with Gasteiger partial charge in [-0.1, -0.05) is 32.8 Å². The van der Waals surface area contributed by atoms with Crippen LogP contribution in [0.4, 0.5) is 0 Å². The van der Waals surface area contributed by atoms with Crippen LogP contribution in [-0.4, -0.2) is 104 Å². The summed E-state index contributed by atoms with van der Waals surface area (Å²) in [7, 11) is 1.28. The van der Waals surface area contributed by atoms with Gasteiger partial charge < -0.3 is 45.0 Å². The molecule has 2 atom stereocenters. The smallest absolute Gasteiger partial charge is 0.328 e. The number of rotatable bonds is 19. The molecule has 0 radical (unpaired) electrons. The van der Waals surface area contributed by atoms with E-state index < -0.39 is 35.8 Å². The van der Waals surface area contributed by atoms with Crippen molar-refractivity contribution in [1.82, 2.24) is 20.5 Å². The van der Waals surface area contributed by atoms with Crippen molar-refractivity contribution in [2.75, 3.05) is 46.6 Å². The number of terminal acetylenes is 1. The topological polar surface area (TPSA) is 198 Å². The number of nitrogens with one attached hydrogen (secondary N) is 2. The lowest BCUT2D eigenvalue weighted by molar-refractivity contribution is -0.150. The summed E-state index contributed by atoms with van der Waals surface area (Å²) in [6, 6.07) is 8.03. The van der Waals surface area contributed by atoms with E-state index in [4.69, 9.17) is 35.8 Å². The van der Waals surface area contributed by atoms with Crippen molar-refractivity contribution in [1.29, 1.82) is 0 Å². The van der Waals surface area contributed by atoms with Gasteiger partial charge in [-0.05, 0) is 36.5 Å². The second kappa shape index (κ2) is 19.1. The van der Waals surface area contributed by atoms with Crippen molar-refractivity contribution in [2.45, 2.75) is 58.2 Å². The molecule has 4 amide bonds. The molecule has 2 heterocycles. The van der Waals surface area contributed by atoms with E-state index in [-0.39, 0.29) is 61.7 Å². The molecule has 1 aliphatic rings. The Morgan fingerprint density at radius 3 is 2.46 bits per heavy atom. The first-order valence-corrected chi connectivity index (χ1v) is 16.0. The molecule has 0 bridgehead atoms. The fourth-order valence-corrected chi connectivity index (χ4v) is 4.63. The van der Waals surface area contributed by atoms with E-state index >= 15 is 0 Å². The largest absolute Gasteiger partial charge is 0.484 e. The van der Waals surface area contributed by atoms with Crippen molar-refractivity contribution in [3.05, 3.63) is 48.2 Å². The van der Waals surface area contributed by atoms with Crippen LogP contribution in [0, 0.1) is 17.8 Å². The first kappa shape index (κ1) is 39.2. The molecule has 1 aromatic heterocycles. The zero-order valence-electron chi connectivity index (χ0n) is 28.8. The van der Waals surface area contributed by atoms with Crippen molar-refractivity contribution < 1.29 is 47.7 Å². The highest BCUT2D eigenvalue weighted by atomic mass is 16.5. The fourth-order valence-electron chi connectivity index (χ4n) is 4.63. The molecule has 15 nitrogen and oxygen atoms in total. The Morgan fingerprint density at radius 2 is 1.82 bits per heavy atom. The summed E-state index contributed by atoms with van der Waals surface area (Å²) in [5.41, 5.74) is 5.56. The van der Waals surface area contributed by atoms with Crippen LogP contribution in [0.1, 0.15) is 50.4 Å². The molecular formula is C35H45N5O10. The number of ether oxygens (including phenoxy) is 5. The van der Waals surface area contributed by atoms with Crippen LogP contribution in [0.5, 0.6) is 17.4 Å². The molecule has 0 saturated carbocycles. The normalized spacial score (nSPS) is 13.9. The van der Waals surface area contributed by atoms with Crippen LogP contribution < -0.4 is 25.8 Å². The SMILES string of the molecule is C#CCOCC(=O)N1CC(OCC(CC(N)=O)NC(=O)COc2cccc(Oc3ccc(C(=O)N[C@@H](CCC(C)(C)C)C(=O)OC)cn3)c2)C1. The molecular weight excluding hydrogens is 650 g/mol. The van der Waals surface area contributed by atoms with Crippen LogP contribution in [0.15, 0.2) is 42.6 Å². The van der Waals surface area contributed by atoms with Crippen molar-refractivity contribution in [3.63, 3.8) is 0 Å². The van der Waals surface area contributed by atoms with Gasteiger partial charge in [0.2, 0.25) is 17.7 Å². The standard InChI is InChI=1S/C35H45N5O10/c1-6-14-47-22-32(43)40-18-27(19-40)48-20-24(15-29(36)41)38-30(42)21-49-25-8-7-9-26(16-25)50-31-11-10-23(17-37-31)33(44)39-28(34(45)46-5)12-13-35(2,3)4/h1,7-11,16-17,24,27-28H,12-15,18-22H2,2-5H3,(H2,36,41)(H,38,42)(H,39,44)/t24?,28-/m0/s1. The predicted molar refractivity (Wildman–Crippen MR) is 180 cm³/mol. The number of likely N-dealkylation sites (tertiary alicyclic amines) is 1. The molecule has 1 saturated heterocycles. The molecule has 4 N–H and O–H groups in total. The lowest BCUT2D eigenvalue weighted by atomic mass is 9.88. The number of carbonyl (C=O) groups is 5. The van der Waals surface area contributed by atoms with E-state index in [0.717, 1.165) is 0 Å². The maximum atomic E-state index is 12.8. The third-order valence-corrected chi connectivity index (χ3v) is 7.33. The monoisotopic (exact) mass is 695 g/mol. The Kier molecular flexibility index (Phi) is 15.0. The highest BCUT2D eigenvalue weighted by Gasteiger charge is 2.32. The van der Waals surface area contributed by atoms with Gasteiger partial charge in [0, 0.05) is 37.8 Å². The second-order valence-electron chi connectivity index (χ2n) is 12.8. The summed E-state index contributed by atoms with van der Waals surface area (Å²) >= 11 is 0. The molecule has 50 heavy (non-hydrogen) atoms. The van der Waals surface area contributed by atoms with Gasteiger partial charge in [0.25, 0.3) is 11.8 Å². The van der Waals surface area contributed by atoms with Crippen LogP contribution in [0.2, 0.25) is 0 Å². The highest BCUT2D eigenvalue weighted by Crippen LogP contribution is 2.25. The molecule has 3 rings (SSSR count). The van der Waals surface area contributed by atoms with Gasteiger partial charge in [-0.25, -0.2) is 9.78 Å². The summed E-state index contributed by atoms with van der Waals surface area (Å²) < 4.78 is 27.1. The van der Waals surface area contributed by atoms with Gasteiger partial charge >= 0.3 is 5.97 Å². The van der Waals surface area contributed by atoms with E-state index in [9.17, 15) is 24.0 Å². The summed E-state index contributed by atoms with van der Waals surface area (Å²) in [6.07, 6.45) is 7.15. The van der Waals surface area contributed by atoms with Gasteiger partial charge in [-0.2, -0.15) is 0 Å². The quantitative estimate of drug-likeness (QED) is 0.110. The minimum atomic E-state index is -0.793. The number of nitrogens with zero attached hydrogens (tertiary/aromatic N) is 2. The summed E-state index contributed by atoms with van der Waals surface area (Å²) in [4.78, 5) is 67.0. The van der Waals surface area contributed by atoms with Gasteiger partial charge in [0.1, 0.15) is 30.8 Å². The summed E-state index contributed by atoms with van der Waals surface area (Å²) in [5, 5.41) is 5.40. The van der Waals surface area contributed by atoms with Crippen LogP contribution >= 0.6 is 0 Å². The molecule has 2 aromatic rings. The van der Waals surface area contributed by atoms with Crippen molar-refractivity contribution in [2.24, 2.45) is 11.1 Å². The summed E-state index contributed by atoms with van der Waals surface area (Å²) in [5.74, 6) is 0.831. The number of hydrogen-bond acceptors (Lipinski definition) is 11. The first-order chi connectivity index (χ1) is 23.8. The maximum Gasteiger partial charge on any atom is 0.328 e. The number of amides is 4. The van der Waals surface area contributed by atoms with Gasteiger partial charge in [0.05, 0.1) is 31.4 Å². The minimum Gasteiger partial charge on any atom is -0.484 e. The second-order valence-corrected chi connectivity index (χ2v) is 12.8. The number of esters is 1. The number of nitrogens with two attached hydrogens (primary N) is 1. The lowest BCUT2D eigenvalue weighted by Gasteiger charge is -2.39. The van der Waals surface area contributed by atoms with Crippen molar-refractivity contribution in [3.8, 4) is 29.7 Å². The van der Waals surface area contributed by atoms with Crippen molar-refractivity contribution >= 4 is 29.6 Å². The molecule has 270 valence electrons. The Morgan fingerprint density at radius 1 is 1.08 bits per heavy atom. The summed E-state index contributed by atoms with van der Waals surface area (Å²) in [6.45, 7) is 6.41. The number of primary amides is 1. The van der Waals surface area contributed by atoms with Gasteiger partial charge in [-0.3, -0.25) is 19.2 Å². The molecule has 1 aliphatic heterocycles. The number of carbonyl (C=O) groups excluding carboxylic acids is 5. The third kappa shape index (κ3) is 13.7. The maximum absolute atomic E-state index is 12.8. The highest BCUT2D eigenvalue weighted by molar-refractivity contribution is 5.96. The van der Waals surface area contributed by atoms with Gasteiger partial charge in [0.15, 0.2) is 6.61 Å². The van der Waals surface area contributed by atoms with E-state index in [0.29, 0.717) is 37.4 Å². The average molecular weight is 696 g/mol. The number of methoxy groups -OCH3 is 1. The molecule has 1 aromatic carbocycles. The van der Waals surface area contributed by atoms with E-state index in [2.05, 4.69) is 21.5 Å². The number of aromatic nitrogens is 1. The number of pyridine rings is 1. The van der Waals surface area contributed by atoms with Crippen LogP contribution in [-0.2, 0) is 33.4 Å². The zero-order chi connectivity index (χ0) is 36.7. The molecule has 15 heteroatoms. The zero-order valence-corrected chi connectivity index (χ0v) is 28.8. The Labute approximate surface area is 291 Å². The van der Waals surface area contributed by atoms with Gasteiger partial charge in [-0.15, -0.1) is 6.42 Å². The number of hydrogen-bond donors (Lipinski definition) is 3. The fraction of sp³-hybridized carbons (Fsp3) is 0.486. The van der Waals surface area contributed by atoms with Crippen LogP contribution in [0.25, 0.3) is 0 Å². The Bertz CT molecular complexity index is 1510. The Balaban J connectivity index is 1.47. The van der Waals surface area contributed by atoms with E-state index in [1.807, 2.05) is 20.8 Å². The molecule has 0 spiro atoms. The number of benzene rings is 1.